The van der Waals surface area contributed by atoms with Crippen molar-refractivity contribution in [3.63, 3.8) is 0 Å². The minimum Gasteiger partial charge on any atom is -0.313 e. The molecule has 4 nitrogen and oxygen atoms in total. The first kappa shape index (κ1) is 18.1. The molecule has 1 unspecified atom stereocenters. The number of rotatable bonds is 9. The van der Waals surface area contributed by atoms with Gasteiger partial charge in [0.25, 0.3) is 0 Å². The summed E-state index contributed by atoms with van der Waals surface area (Å²) < 4.78 is 27.5. The molecule has 0 aliphatic rings. The fourth-order valence-electron chi connectivity index (χ4n) is 2.23. The second-order valence-electron chi connectivity index (χ2n) is 5.58. The molecule has 1 aromatic carbocycles. The van der Waals surface area contributed by atoms with E-state index in [1.165, 1.54) is 0 Å². The molecule has 120 valence electrons. The maximum absolute atomic E-state index is 12.4. The van der Waals surface area contributed by atoms with Crippen molar-refractivity contribution in [1.82, 2.24) is 10.0 Å². The van der Waals surface area contributed by atoms with Crippen molar-refractivity contribution < 1.29 is 8.42 Å². The number of benzene rings is 1. The Labute approximate surface area is 129 Å². The average Bonchev–Trinajstić information content (AvgIpc) is 2.40. The Bertz CT molecular complexity index is 541. The third-order valence-corrected chi connectivity index (χ3v) is 5.04. The molecule has 0 fully saturated rings. The summed E-state index contributed by atoms with van der Waals surface area (Å²) in [4.78, 5) is 0.351. The SMILES string of the molecule is CCCNCc1cc(S(=O)(=O)NC(C)CCC)ccc1C. The molecule has 0 aliphatic carbocycles. The van der Waals surface area contributed by atoms with E-state index in [0.29, 0.717) is 11.4 Å². The molecule has 0 aliphatic heterocycles. The van der Waals surface area contributed by atoms with Crippen molar-refractivity contribution in [1.29, 1.82) is 0 Å². The third kappa shape index (κ3) is 5.77. The Morgan fingerprint density at radius 1 is 1.19 bits per heavy atom. The van der Waals surface area contributed by atoms with E-state index in [2.05, 4.69) is 17.0 Å². The lowest BCUT2D eigenvalue weighted by atomic mass is 10.1. The number of aryl methyl sites for hydroxylation is 1. The lowest BCUT2D eigenvalue weighted by molar-refractivity contribution is 0.543. The number of nitrogens with one attached hydrogen (secondary N) is 2. The van der Waals surface area contributed by atoms with Gasteiger partial charge in [0.15, 0.2) is 0 Å². The van der Waals surface area contributed by atoms with Crippen molar-refractivity contribution in [3.05, 3.63) is 29.3 Å². The monoisotopic (exact) mass is 312 g/mol. The molecular weight excluding hydrogens is 284 g/mol. The summed E-state index contributed by atoms with van der Waals surface area (Å²) in [6.45, 7) is 9.70. The van der Waals surface area contributed by atoms with Gasteiger partial charge in [0, 0.05) is 12.6 Å². The van der Waals surface area contributed by atoms with Gasteiger partial charge in [0.1, 0.15) is 0 Å². The molecule has 0 bridgehead atoms. The van der Waals surface area contributed by atoms with Gasteiger partial charge in [0.2, 0.25) is 10.0 Å². The molecule has 0 heterocycles. The fourth-order valence-corrected chi connectivity index (χ4v) is 3.56. The van der Waals surface area contributed by atoms with E-state index in [1.807, 2.05) is 26.8 Å². The van der Waals surface area contributed by atoms with Gasteiger partial charge in [-0.05, 0) is 56.5 Å². The quantitative estimate of drug-likeness (QED) is 0.689. The highest BCUT2D eigenvalue weighted by atomic mass is 32.2. The smallest absolute Gasteiger partial charge is 0.240 e. The summed E-state index contributed by atoms with van der Waals surface area (Å²) in [6.07, 6.45) is 2.87. The molecule has 21 heavy (non-hydrogen) atoms. The molecule has 1 aromatic rings. The van der Waals surface area contributed by atoms with Crippen LogP contribution in [-0.4, -0.2) is 21.0 Å². The van der Waals surface area contributed by atoms with E-state index >= 15 is 0 Å². The molecule has 0 radical (unpaired) electrons. The second-order valence-corrected chi connectivity index (χ2v) is 7.29. The van der Waals surface area contributed by atoms with E-state index in [0.717, 1.165) is 36.9 Å². The van der Waals surface area contributed by atoms with Crippen LogP contribution in [0.4, 0.5) is 0 Å². The minimum absolute atomic E-state index is 0.0389. The minimum atomic E-state index is -3.43. The first-order valence-corrected chi connectivity index (χ1v) is 9.21. The Balaban J connectivity index is 2.89. The van der Waals surface area contributed by atoms with Gasteiger partial charge in [-0.25, -0.2) is 13.1 Å². The van der Waals surface area contributed by atoms with Crippen molar-refractivity contribution in [2.45, 2.75) is 64.4 Å². The maximum Gasteiger partial charge on any atom is 0.240 e. The molecule has 0 amide bonds. The van der Waals surface area contributed by atoms with Crippen molar-refractivity contribution in [2.24, 2.45) is 0 Å². The largest absolute Gasteiger partial charge is 0.313 e. The fraction of sp³-hybridized carbons (Fsp3) is 0.625. The maximum atomic E-state index is 12.4. The highest BCUT2D eigenvalue weighted by Crippen LogP contribution is 2.16. The van der Waals surface area contributed by atoms with Gasteiger partial charge in [-0.15, -0.1) is 0 Å². The standard InChI is InChI=1S/C16H28N2O2S/c1-5-7-14(4)18-21(19,20)16-9-8-13(3)15(11-16)12-17-10-6-2/h8-9,11,14,17-18H,5-7,10,12H2,1-4H3. The van der Waals surface area contributed by atoms with Crippen molar-refractivity contribution >= 4 is 10.0 Å². The van der Waals surface area contributed by atoms with E-state index in [-0.39, 0.29) is 6.04 Å². The van der Waals surface area contributed by atoms with Crippen molar-refractivity contribution in [3.8, 4) is 0 Å². The van der Waals surface area contributed by atoms with Crippen LogP contribution in [0.25, 0.3) is 0 Å². The van der Waals surface area contributed by atoms with E-state index < -0.39 is 10.0 Å². The van der Waals surface area contributed by atoms with Crippen LogP contribution in [0.15, 0.2) is 23.1 Å². The molecule has 5 heteroatoms. The van der Waals surface area contributed by atoms with Gasteiger partial charge < -0.3 is 5.32 Å². The zero-order chi connectivity index (χ0) is 15.9. The van der Waals surface area contributed by atoms with Crippen LogP contribution in [0.2, 0.25) is 0 Å². The summed E-state index contributed by atoms with van der Waals surface area (Å²) in [5.74, 6) is 0. The Morgan fingerprint density at radius 2 is 1.90 bits per heavy atom. The third-order valence-electron chi connectivity index (χ3n) is 3.45. The molecule has 0 saturated carbocycles. The van der Waals surface area contributed by atoms with Crippen LogP contribution in [0.1, 0.15) is 51.2 Å². The lowest BCUT2D eigenvalue weighted by Crippen LogP contribution is -2.32. The number of hydrogen-bond donors (Lipinski definition) is 2. The lowest BCUT2D eigenvalue weighted by Gasteiger charge is -2.15. The van der Waals surface area contributed by atoms with Gasteiger partial charge in [0.05, 0.1) is 4.90 Å². The number of hydrogen-bond acceptors (Lipinski definition) is 3. The van der Waals surface area contributed by atoms with Gasteiger partial charge in [-0.1, -0.05) is 26.3 Å². The highest BCUT2D eigenvalue weighted by molar-refractivity contribution is 7.89. The summed E-state index contributed by atoms with van der Waals surface area (Å²) in [5.41, 5.74) is 2.15. The van der Waals surface area contributed by atoms with Gasteiger partial charge in [-0.3, -0.25) is 0 Å². The zero-order valence-electron chi connectivity index (χ0n) is 13.6. The highest BCUT2D eigenvalue weighted by Gasteiger charge is 2.17. The Hall–Kier alpha value is -0.910. The Morgan fingerprint density at radius 3 is 2.52 bits per heavy atom. The molecule has 2 N–H and O–H groups in total. The predicted molar refractivity (Wildman–Crippen MR) is 87.9 cm³/mol. The van der Waals surface area contributed by atoms with Crippen LogP contribution >= 0.6 is 0 Å². The summed E-state index contributed by atoms with van der Waals surface area (Å²) in [5, 5.41) is 3.32. The second kappa shape index (κ2) is 8.51. The summed E-state index contributed by atoms with van der Waals surface area (Å²) >= 11 is 0. The average molecular weight is 312 g/mol. The molecule has 1 atom stereocenters. The molecular formula is C16H28N2O2S. The van der Waals surface area contributed by atoms with E-state index in [4.69, 9.17) is 0 Å². The molecule has 0 aromatic heterocycles. The predicted octanol–water partition coefficient (Wildman–Crippen LogP) is 2.96. The topological polar surface area (TPSA) is 58.2 Å². The van der Waals surface area contributed by atoms with Crippen LogP contribution in [-0.2, 0) is 16.6 Å². The van der Waals surface area contributed by atoms with E-state index in [9.17, 15) is 8.42 Å². The first-order valence-electron chi connectivity index (χ1n) is 7.73. The van der Waals surface area contributed by atoms with Crippen LogP contribution in [0.3, 0.4) is 0 Å². The van der Waals surface area contributed by atoms with Crippen LogP contribution < -0.4 is 10.0 Å². The summed E-state index contributed by atoms with van der Waals surface area (Å²) in [6, 6.07) is 5.30. The molecule has 0 saturated heterocycles. The van der Waals surface area contributed by atoms with Crippen molar-refractivity contribution in [2.75, 3.05) is 6.54 Å². The Kier molecular flexibility index (Phi) is 7.35. The van der Waals surface area contributed by atoms with Crippen LogP contribution in [0.5, 0.6) is 0 Å². The first-order chi connectivity index (χ1) is 9.90. The molecule has 0 spiro atoms. The number of sulfonamides is 1. The summed E-state index contributed by atoms with van der Waals surface area (Å²) in [7, 11) is -3.43. The van der Waals surface area contributed by atoms with Gasteiger partial charge >= 0.3 is 0 Å². The zero-order valence-corrected chi connectivity index (χ0v) is 14.4. The van der Waals surface area contributed by atoms with E-state index in [1.54, 1.807) is 12.1 Å². The normalized spacial score (nSPS) is 13.3. The molecule has 1 rings (SSSR count). The van der Waals surface area contributed by atoms with Crippen LogP contribution in [0, 0.1) is 6.92 Å². The van der Waals surface area contributed by atoms with Gasteiger partial charge in [-0.2, -0.15) is 0 Å².